The van der Waals surface area contributed by atoms with E-state index in [9.17, 15) is 13.6 Å². The fourth-order valence-corrected chi connectivity index (χ4v) is 3.04. The Kier molecular flexibility index (Phi) is 7.03. The molecule has 0 fully saturated rings. The summed E-state index contributed by atoms with van der Waals surface area (Å²) >= 11 is 0. The second kappa shape index (κ2) is 9.89. The molecule has 154 valence electrons. The van der Waals surface area contributed by atoms with Crippen molar-refractivity contribution < 1.29 is 23.4 Å². The van der Waals surface area contributed by atoms with Gasteiger partial charge in [0.1, 0.15) is 5.82 Å². The van der Waals surface area contributed by atoms with Crippen LogP contribution in [0.4, 0.5) is 8.78 Å². The normalized spacial score (nSPS) is 10.5. The van der Waals surface area contributed by atoms with Gasteiger partial charge in [0.15, 0.2) is 11.6 Å². The van der Waals surface area contributed by atoms with Crippen molar-refractivity contribution in [3.8, 4) is 17.6 Å². The molecule has 0 atom stereocenters. The average Bonchev–Trinajstić information content (AvgIpc) is 2.74. The molecule has 0 saturated heterocycles. The lowest BCUT2D eigenvalue weighted by Gasteiger charge is -2.08. The zero-order valence-electron chi connectivity index (χ0n) is 16.7. The maximum Gasteiger partial charge on any atom is 0.335 e. The molecule has 0 heterocycles. The molecule has 0 saturated carbocycles. The molecular weight excluding hydrogens is 386 g/mol. The topological polar surface area (TPSA) is 46.5 Å². The molecule has 5 heteroatoms. The number of aromatic carboxylic acids is 1. The number of halogens is 2. The summed E-state index contributed by atoms with van der Waals surface area (Å²) in [6, 6.07) is 12.1. The van der Waals surface area contributed by atoms with E-state index in [1.165, 1.54) is 6.07 Å². The van der Waals surface area contributed by atoms with Gasteiger partial charge in [-0.05, 0) is 47.5 Å². The molecule has 1 N–H and O–H groups in total. The molecule has 0 bridgehead atoms. The largest absolute Gasteiger partial charge is 0.490 e. The number of carbonyl (C=O) groups is 1. The van der Waals surface area contributed by atoms with Crippen molar-refractivity contribution in [1.29, 1.82) is 0 Å². The average molecular weight is 408 g/mol. The first-order valence-corrected chi connectivity index (χ1v) is 9.89. The van der Waals surface area contributed by atoms with Crippen LogP contribution in [0.15, 0.2) is 48.5 Å². The second-order valence-electron chi connectivity index (χ2n) is 7.00. The van der Waals surface area contributed by atoms with Gasteiger partial charge in [-0.1, -0.05) is 50.2 Å². The predicted octanol–water partition coefficient (Wildman–Crippen LogP) is 6.18. The van der Waals surface area contributed by atoms with Crippen LogP contribution in [0.5, 0.6) is 5.75 Å². The Labute approximate surface area is 174 Å². The quantitative estimate of drug-likeness (QED) is 0.375. The van der Waals surface area contributed by atoms with Crippen LogP contribution in [-0.2, 0) is 0 Å². The molecule has 30 heavy (non-hydrogen) atoms. The van der Waals surface area contributed by atoms with Crippen LogP contribution >= 0.6 is 0 Å². The van der Waals surface area contributed by atoms with Gasteiger partial charge >= 0.3 is 5.97 Å². The highest BCUT2D eigenvalue weighted by Crippen LogP contribution is 2.22. The Morgan fingerprint density at radius 3 is 2.47 bits per heavy atom. The van der Waals surface area contributed by atoms with E-state index in [1.807, 2.05) is 0 Å². The van der Waals surface area contributed by atoms with Gasteiger partial charge in [-0.2, -0.15) is 0 Å². The summed E-state index contributed by atoms with van der Waals surface area (Å²) in [5.41, 5.74) is 0.764. The molecule has 0 aliphatic heterocycles. The lowest BCUT2D eigenvalue weighted by molar-refractivity contribution is 0.0697. The monoisotopic (exact) mass is 408 g/mol. The van der Waals surface area contributed by atoms with Crippen molar-refractivity contribution >= 4 is 16.7 Å². The van der Waals surface area contributed by atoms with Gasteiger partial charge in [-0.15, -0.1) is 0 Å². The Morgan fingerprint density at radius 2 is 1.70 bits per heavy atom. The van der Waals surface area contributed by atoms with Crippen LogP contribution in [0.1, 0.15) is 54.1 Å². The van der Waals surface area contributed by atoms with E-state index >= 15 is 0 Å². The highest BCUT2D eigenvalue weighted by molar-refractivity contribution is 5.94. The Morgan fingerprint density at radius 1 is 0.933 bits per heavy atom. The van der Waals surface area contributed by atoms with E-state index in [4.69, 9.17) is 9.84 Å². The number of hydrogen-bond donors (Lipinski definition) is 1. The molecule has 0 radical (unpaired) electrons. The summed E-state index contributed by atoms with van der Waals surface area (Å²) in [6.07, 6.45) is 3.97. The third-order valence-corrected chi connectivity index (χ3v) is 4.71. The SMILES string of the molecule is CCCCCCOc1cc(F)c(C#Cc2ccc3cc(C(=O)O)ccc3c2)cc1F. The van der Waals surface area contributed by atoms with Crippen molar-refractivity contribution in [3.63, 3.8) is 0 Å². The summed E-state index contributed by atoms with van der Waals surface area (Å²) in [6.45, 7) is 2.45. The molecule has 0 unspecified atom stereocenters. The molecule has 3 aromatic rings. The number of rotatable bonds is 7. The molecule has 3 aromatic carbocycles. The van der Waals surface area contributed by atoms with Crippen LogP contribution < -0.4 is 4.74 Å². The first kappa shape index (κ1) is 21.3. The van der Waals surface area contributed by atoms with E-state index < -0.39 is 17.6 Å². The van der Waals surface area contributed by atoms with Crippen LogP contribution in [0.25, 0.3) is 10.8 Å². The Bertz CT molecular complexity index is 1130. The number of ether oxygens (including phenoxy) is 1. The number of carboxylic acid groups (broad SMARTS) is 1. The van der Waals surface area contributed by atoms with E-state index in [1.54, 1.807) is 30.3 Å². The third kappa shape index (κ3) is 5.36. The minimum absolute atomic E-state index is 0.0489. The molecule has 0 spiro atoms. The van der Waals surface area contributed by atoms with Crippen LogP contribution in [0.3, 0.4) is 0 Å². The summed E-state index contributed by atoms with van der Waals surface area (Å²) in [5.74, 6) is 3.11. The molecule has 0 amide bonds. The summed E-state index contributed by atoms with van der Waals surface area (Å²) in [7, 11) is 0. The predicted molar refractivity (Wildman–Crippen MR) is 113 cm³/mol. The smallest absolute Gasteiger partial charge is 0.335 e. The molecule has 3 nitrogen and oxygen atoms in total. The third-order valence-electron chi connectivity index (χ3n) is 4.71. The fraction of sp³-hybridized carbons (Fsp3) is 0.240. The minimum Gasteiger partial charge on any atom is -0.490 e. The first-order valence-electron chi connectivity index (χ1n) is 9.89. The van der Waals surface area contributed by atoms with Gasteiger partial charge in [0.05, 0.1) is 17.7 Å². The van der Waals surface area contributed by atoms with E-state index in [-0.39, 0.29) is 16.9 Å². The highest BCUT2D eigenvalue weighted by Gasteiger charge is 2.10. The standard InChI is InChI=1S/C25H22F2O3/c1-2-3-4-5-12-30-24-16-22(26)20(15-23(24)27)9-7-17-6-8-19-14-21(25(28)29)11-10-18(19)13-17/h6,8,10-11,13-16H,2-5,12H2,1H3,(H,28,29). The van der Waals surface area contributed by atoms with E-state index in [0.29, 0.717) is 12.2 Å². The van der Waals surface area contributed by atoms with Gasteiger partial charge in [0.2, 0.25) is 0 Å². The Balaban J connectivity index is 1.76. The lowest BCUT2D eigenvalue weighted by atomic mass is 10.0. The van der Waals surface area contributed by atoms with Crippen LogP contribution in [-0.4, -0.2) is 17.7 Å². The number of benzene rings is 3. The number of unbranched alkanes of at least 4 members (excludes halogenated alkanes) is 3. The Hall–Kier alpha value is -3.39. The summed E-state index contributed by atoms with van der Waals surface area (Å²) < 4.78 is 33.9. The van der Waals surface area contributed by atoms with Gasteiger partial charge in [0, 0.05) is 11.6 Å². The fourth-order valence-electron chi connectivity index (χ4n) is 3.04. The van der Waals surface area contributed by atoms with Crippen LogP contribution in [0.2, 0.25) is 0 Å². The second-order valence-corrected chi connectivity index (χ2v) is 7.00. The maximum atomic E-state index is 14.3. The summed E-state index contributed by atoms with van der Waals surface area (Å²) in [4.78, 5) is 11.1. The minimum atomic E-state index is -0.994. The first-order chi connectivity index (χ1) is 14.5. The van der Waals surface area contributed by atoms with Gasteiger partial charge in [-0.3, -0.25) is 0 Å². The number of hydrogen-bond acceptors (Lipinski definition) is 2. The molecule has 0 aliphatic rings. The van der Waals surface area contributed by atoms with Crippen molar-refractivity contribution in [3.05, 3.63) is 76.9 Å². The van der Waals surface area contributed by atoms with Crippen LogP contribution in [0, 0.1) is 23.5 Å². The molecule has 0 aromatic heterocycles. The van der Waals surface area contributed by atoms with Crippen molar-refractivity contribution in [2.75, 3.05) is 6.61 Å². The van der Waals surface area contributed by atoms with E-state index in [2.05, 4.69) is 18.8 Å². The number of carboxylic acids is 1. The molecule has 0 aliphatic carbocycles. The molecule has 3 rings (SSSR count). The zero-order chi connectivity index (χ0) is 21.5. The zero-order valence-corrected chi connectivity index (χ0v) is 16.7. The summed E-state index contributed by atoms with van der Waals surface area (Å²) in [5, 5.41) is 10.6. The lowest BCUT2D eigenvalue weighted by Crippen LogP contribution is -2.01. The van der Waals surface area contributed by atoms with Crippen molar-refractivity contribution in [1.82, 2.24) is 0 Å². The highest BCUT2D eigenvalue weighted by atomic mass is 19.1. The van der Waals surface area contributed by atoms with Gasteiger partial charge < -0.3 is 9.84 Å². The van der Waals surface area contributed by atoms with E-state index in [0.717, 1.165) is 48.6 Å². The maximum absolute atomic E-state index is 14.3. The van der Waals surface area contributed by atoms with Gasteiger partial charge in [0.25, 0.3) is 0 Å². The van der Waals surface area contributed by atoms with Crippen molar-refractivity contribution in [2.24, 2.45) is 0 Å². The number of fused-ring (bicyclic) bond motifs is 1. The van der Waals surface area contributed by atoms with Crippen molar-refractivity contribution in [2.45, 2.75) is 32.6 Å². The van der Waals surface area contributed by atoms with Gasteiger partial charge in [-0.25, -0.2) is 13.6 Å². The molecular formula is C25H22F2O3.